The molecule has 0 heterocycles. The Morgan fingerprint density at radius 2 is 2.00 bits per heavy atom. The van der Waals surface area contributed by atoms with Crippen molar-refractivity contribution in [3.63, 3.8) is 0 Å². The molecular formula is C13H8BrClN2O4. The van der Waals surface area contributed by atoms with Crippen LogP contribution < -0.4 is 5.32 Å². The lowest BCUT2D eigenvalue weighted by Gasteiger charge is -2.11. The molecule has 0 aliphatic carbocycles. The minimum Gasteiger partial charge on any atom is -0.478 e. The zero-order chi connectivity index (χ0) is 15.6. The van der Waals surface area contributed by atoms with Gasteiger partial charge in [0.05, 0.1) is 31.4 Å². The molecule has 0 fully saturated rings. The Bertz CT molecular complexity index is 736. The first-order valence-corrected chi connectivity index (χ1v) is 6.80. The fourth-order valence-electron chi connectivity index (χ4n) is 1.68. The van der Waals surface area contributed by atoms with E-state index >= 15 is 0 Å². The number of nitrogens with one attached hydrogen (secondary N) is 1. The van der Waals surface area contributed by atoms with Gasteiger partial charge in [-0.15, -0.1) is 0 Å². The average molecular weight is 372 g/mol. The van der Waals surface area contributed by atoms with E-state index in [0.717, 1.165) is 6.07 Å². The summed E-state index contributed by atoms with van der Waals surface area (Å²) >= 11 is 9.24. The minimum absolute atomic E-state index is 0.198. The molecule has 2 N–H and O–H groups in total. The number of hydrogen-bond acceptors (Lipinski definition) is 4. The van der Waals surface area contributed by atoms with Gasteiger partial charge in [-0.25, -0.2) is 4.79 Å². The van der Waals surface area contributed by atoms with Gasteiger partial charge in [0.1, 0.15) is 0 Å². The van der Waals surface area contributed by atoms with E-state index in [2.05, 4.69) is 21.2 Å². The zero-order valence-corrected chi connectivity index (χ0v) is 12.7. The van der Waals surface area contributed by atoms with Gasteiger partial charge < -0.3 is 10.4 Å². The molecule has 21 heavy (non-hydrogen) atoms. The summed E-state index contributed by atoms with van der Waals surface area (Å²) in [4.78, 5) is 21.3. The number of anilines is 2. The number of aromatic carboxylic acids is 1. The number of nitro groups is 1. The van der Waals surface area contributed by atoms with Crippen LogP contribution in [-0.2, 0) is 0 Å². The second-order valence-electron chi connectivity index (χ2n) is 4.02. The summed E-state index contributed by atoms with van der Waals surface area (Å²) in [5.41, 5.74) is 0.300. The zero-order valence-electron chi connectivity index (χ0n) is 10.3. The van der Waals surface area contributed by atoms with Gasteiger partial charge in [0.25, 0.3) is 5.69 Å². The van der Waals surface area contributed by atoms with Crippen LogP contribution in [0.2, 0.25) is 5.02 Å². The van der Waals surface area contributed by atoms with Crippen LogP contribution in [0.15, 0.2) is 40.9 Å². The van der Waals surface area contributed by atoms with Gasteiger partial charge in [-0.3, -0.25) is 10.1 Å². The Labute approximate surface area is 132 Å². The summed E-state index contributed by atoms with van der Waals surface area (Å²) in [5.74, 6) is -1.26. The molecule has 0 aromatic heterocycles. The lowest BCUT2D eigenvalue weighted by atomic mass is 10.1. The molecule has 8 heteroatoms. The third-order valence-corrected chi connectivity index (χ3v) is 4.06. The van der Waals surface area contributed by atoms with Crippen molar-refractivity contribution in [3.8, 4) is 0 Å². The molecular weight excluding hydrogens is 364 g/mol. The van der Waals surface area contributed by atoms with Crippen LogP contribution in [0.3, 0.4) is 0 Å². The molecule has 6 nitrogen and oxygen atoms in total. The fourth-order valence-corrected chi connectivity index (χ4v) is 2.22. The first-order chi connectivity index (χ1) is 9.90. The lowest BCUT2D eigenvalue weighted by molar-refractivity contribution is -0.384. The van der Waals surface area contributed by atoms with E-state index in [0.29, 0.717) is 15.2 Å². The standard InChI is InChI=1S/C13H8BrClN2O4/c14-12-9(15)2-1-3-11(12)16-10-5-4-7(17(20)21)6-8(10)13(18)19/h1-6,16H,(H,18,19). The Kier molecular flexibility index (Phi) is 4.44. The van der Waals surface area contributed by atoms with E-state index in [-0.39, 0.29) is 16.9 Å². The van der Waals surface area contributed by atoms with Crippen molar-refractivity contribution in [1.29, 1.82) is 0 Å². The Morgan fingerprint density at radius 3 is 2.62 bits per heavy atom. The summed E-state index contributed by atoms with van der Waals surface area (Å²) in [6, 6.07) is 8.64. The van der Waals surface area contributed by atoms with Gasteiger partial charge in [-0.1, -0.05) is 17.7 Å². The van der Waals surface area contributed by atoms with Crippen molar-refractivity contribution < 1.29 is 14.8 Å². The van der Waals surface area contributed by atoms with Gasteiger partial charge in [0.15, 0.2) is 0 Å². The molecule has 0 radical (unpaired) electrons. The Hall–Kier alpha value is -2.12. The second-order valence-corrected chi connectivity index (χ2v) is 5.22. The number of halogens is 2. The van der Waals surface area contributed by atoms with Crippen LogP contribution in [0.4, 0.5) is 17.1 Å². The van der Waals surface area contributed by atoms with E-state index in [1.54, 1.807) is 18.2 Å². The molecule has 108 valence electrons. The molecule has 0 spiro atoms. The number of rotatable bonds is 4. The second kappa shape index (κ2) is 6.11. The number of carboxylic acid groups (broad SMARTS) is 1. The quantitative estimate of drug-likeness (QED) is 0.612. The highest BCUT2D eigenvalue weighted by Crippen LogP contribution is 2.33. The molecule has 0 aliphatic rings. The topological polar surface area (TPSA) is 92.5 Å². The van der Waals surface area contributed by atoms with E-state index in [4.69, 9.17) is 11.6 Å². The van der Waals surface area contributed by atoms with Gasteiger partial charge in [-0.2, -0.15) is 0 Å². The number of carboxylic acids is 1. The van der Waals surface area contributed by atoms with E-state index in [9.17, 15) is 20.0 Å². The smallest absolute Gasteiger partial charge is 0.338 e. The maximum atomic E-state index is 11.2. The SMILES string of the molecule is O=C(O)c1cc([N+](=O)[O-])ccc1Nc1cccc(Cl)c1Br. The van der Waals surface area contributed by atoms with Crippen molar-refractivity contribution in [1.82, 2.24) is 0 Å². The average Bonchev–Trinajstić information content (AvgIpc) is 2.43. The normalized spacial score (nSPS) is 10.2. The molecule has 0 aliphatic heterocycles. The lowest BCUT2D eigenvalue weighted by Crippen LogP contribution is -2.04. The Balaban J connectivity index is 2.46. The van der Waals surface area contributed by atoms with Crippen molar-refractivity contribution in [2.24, 2.45) is 0 Å². The highest BCUT2D eigenvalue weighted by molar-refractivity contribution is 9.10. The number of nitro benzene ring substituents is 1. The van der Waals surface area contributed by atoms with E-state index in [1.165, 1.54) is 12.1 Å². The number of nitrogens with zero attached hydrogens (tertiary/aromatic N) is 1. The maximum absolute atomic E-state index is 11.2. The van der Waals surface area contributed by atoms with Gasteiger partial charge >= 0.3 is 5.97 Å². The Morgan fingerprint density at radius 1 is 1.29 bits per heavy atom. The molecule has 0 atom stereocenters. The summed E-state index contributed by atoms with van der Waals surface area (Å²) < 4.78 is 0.571. The molecule has 2 rings (SSSR count). The molecule has 0 unspecified atom stereocenters. The fraction of sp³-hybridized carbons (Fsp3) is 0. The predicted octanol–water partition coefficient (Wildman–Crippen LogP) is 4.45. The van der Waals surface area contributed by atoms with Crippen LogP contribution in [0.1, 0.15) is 10.4 Å². The first-order valence-electron chi connectivity index (χ1n) is 5.63. The summed E-state index contributed by atoms with van der Waals surface area (Å²) in [6.45, 7) is 0. The molecule has 2 aromatic carbocycles. The van der Waals surface area contributed by atoms with Crippen LogP contribution in [-0.4, -0.2) is 16.0 Å². The molecule has 0 amide bonds. The highest BCUT2D eigenvalue weighted by atomic mass is 79.9. The number of hydrogen-bond donors (Lipinski definition) is 2. The minimum atomic E-state index is -1.26. The predicted molar refractivity (Wildman–Crippen MR) is 82.5 cm³/mol. The third-order valence-electron chi connectivity index (χ3n) is 2.67. The van der Waals surface area contributed by atoms with Crippen molar-refractivity contribution in [2.45, 2.75) is 0 Å². The number of carbonyl (C=O) groups is 1. The third kappa shape index (κ3) is 3.32. The van der Waals surface area contributed by atoms with Crippen LogP contribution in [0, 0.1) is 10.1 Å². The maximum Gasteiger partial charge on any atom is 0.338 e. The van der Waals surface area contributed by atoms with Crippen LogP contribution in [0.25, 0.3) is 0 Å². The molecule has 0 bridgehead atoms. The van der Waals surface area contributed by atoms with Crippen LogP contribution >= 0.6 is 27.5 Å². The van der Waals surface area contributed by atoms with E-state index in [1.807, 2.05) is 0 Å². The summed E-state index contributed by atoms with van der Waals surface area (Å²) in [5, 5.41) is 23.2. The number of benzene rings is 2. The largest absolute Gasteiger partial charge is 0.478 e. The van der Waals surface area contributed by atoms with Crippen molar-refractivity contribution in [2.75, 3.05) is 5.32 Å². The summed E-state index contributed by atoms with van der Waals surface area (Å²) in [6.07, 6.45) is 0. The van der Waals surface area contributed by atoms with Crippen molar-refractivity contribution >= 4 is 50.6 Å². The molecule has 0 saturated carbocycles. The molecule has 2 aromatic rings. The number of non-ortho nitro benzene ring substituents is 1. The first kappa shape index (κ1) is 15.3. The molecule has 0 saturated heterocycles. The van der Waals surface area contributed by atoms with Gasteiger partial charge in [0, 0.05) is 12.1 Å². The summed E-state index contributed by atoms with van der Waals surface area (Å²) in [7, 11) is 0. The monoisotopic (exact) mass is 370 g/mol. The van der Waals surface area contributed by atoms with Crippen LogP contribution in [0.5, 0.6) is 0 Å². The van der Waals surface area contributed by atoms with Gasteiger partial charge in [-0.05, 0) is 34.1 Å². The van der Waals surface area contributed by atoms with E-state index < -0.39 is 10.9 Å². The van der Waals surface area contributed by atoms with Gasteiger partial charge in [0.2, 0.25) is 0 Å². The van der Waals surface area contributed by atoms with Crippen molar-refractivity contribution in [3.05, 3.63) is 61.6 Å². The highest BCUT2D eigenvalue weighted by Gasteiger charge is 2.17.